The maximum Gasteiger partial charge on any atom is 0.0599 e. The Bertz CT molecular complexity index is 393. The van der Waals surface area contributed by atoms with Crippen LogP contribution in [-0.4, -0.2) is 4.98 Å². The van der Waals surface area contributed by atoms with E-state index < -0.39 is 0 Å². The number of aromatic amines is 1. The Morgan fingerprint density at radius 1 is 1.31 bits per heavy atom. The van der Waals surface area contributed by atoms with Crippen LogP contribution in [0.1, 0.15) is 13.8 Å². The number of nitrogens with two attached hydrogens (primary N) is 1. The van der Waals surface area contributed by atoms with E-state index in [0.29, 0.717) is 0 Å². The van der Waals surface area contributed by atoms with Crippen molar-refractivity contribution in [3.05, 3.63) is 28.9 Å². The summed E-state index contributed by atoms with van der Waals surface area (Å²) in [5.41, 5.74) is 7.52. The summed E-state index contributed by atoms with van der Waals surface area (Å²) in [6.45, 7) is 4.00. The predicted molar refractivity (Wildman–Crippen MR) is 61.8 cm³/mol. The number of hydrogen-bond donors (Lipinski definition) is 2. The molecule has 0 unspecified atom stereocenters. The van der Waals surface area contributed by atoms with E-state index in [4.69, 9.17) is 5.73 Å². The van der Waals surface area contributed by atoms with Crippen LogP contribution < -0.4 is 5.73 Å². The van der Waals surface area contributed by atoms with Gasteiger partial charge in [-0.1, -0.05) is 13.8 Å². The van der Waals surface area contributed by atoms with Gasteiger partial charge in [0.25, 0.3) is 0 Å². The number of aromatic nitrogens is 1. The standard InChI is InChI=1S/C8H7BrN2.C2H6/c9-7-4-6(10)3-5-1-2-11-8(5)7;1-2/h1-4,11H,10H2;1-2H3. The summed E-state index contributed by atoms with van der Waals surface area (Å²) in [4.78, 5) is 3.11. The molecule has 0 amide bonds. The lowest BCUT2D eigenvalue weighted by Gasteiger charge is -1.96. The average Bonchev–Trinajstić information content (AvgIpc) is 2.55. The summed E-state index contributed by atoms with van der Waals surface area (Å²) >= 11 is 3.42. The van der Waals surface area contributed by atoms with Gasteiger partial charge >= 0.3 is 0 Å². The lowest BCUT2D eigenvalue weighted by Crippen LogP contribution is -1.83. The van der Waals surface area contributed by atoms with E-state index in [9.17, 15) is 0 Å². The largest absolute Gasteiger partial charge is 0.399 e. The van der Waals surface area contributed by atoms with Crippen molar-refractivity contribution in [1.29, 1.82) is 0 Å². The molecule has 3 heteroatoms. The van der Waals surface area contributed by atoms with Gasteiger partial charge in [-0.25, -0.2) is 0 Å². The van der Waals surface area contributed by atoms with E-state index in [-0.39, 0.29) is 0 Å². The van der Waals surface area contributed by atoms with Crippen molar-refractivity contribution in [2.45, 2.75) is 13.8 Å². The highest BCUT2D eigenvalue weighted by molar-refractivity contribution is 9.10. The molecule has 0 radical (unpaired) electrons. The zero-order valence-corrected chi connectivity index (χ0v) is 9.35. The molecule has 0 saturated heterocycles. The predicted octanol–water partition coefficient (Wildman–Crippen LogP) is 3.54. The number of halogens is 1. The van der Waals surface area contributed by atoms with Crippen molar-refractivity contribution in [3.8, 4) is 0 Å². The van der Waals surface area contributed by atoms with Gasteiger partial charge in [-0.3, -0.25) is 0 Å². The summed E-state index contributed by atoms with van der Waals surface area (Å²) in [5.74, 6) is 0. The number of benzene rings is 1. The Hall–Kier alpha value is -0.960. The first-order chi connectivity index (χ1) is 6.27. The van der Waals surface area contributed by atoms with Crippen molar-refractivity contribution in [1.82, 2.24) is 4.98 Å². The van der Waals surface area contributed by atoms with E-state index in [2.05, 4.69) is 20.9 Å². The monoisotopic (exact) mass is 240 g/mol. The van der Waals surface area contributed by atoms with Crippen LogP contribution in [0.4, 0.5) is 5.69 Å². The van der Waals surface area contributed by atoms with Crippen molar-refractivity contribution in [3.63, 3.8) is 0 Å². The second kappa shape index (κ2) is 4.33. The minimum Gasteiger partial charge on any atom is -0.399 e. The summed E-state index contributed by atoms with van der Waals surface area (Å²) in [7, 11) is 0. The Balaban J connectivity index is 0.000000396. The molecule has 70 valence electrons. The number of anilines is 1. The molecule has 3 N–H and O–H groups in total. The molecular formula is C10H13BrN2. The topological polar surface area (TPSA) is 41.8 Å². The third-order valence-electron chi connectivity index (χ3n) is 1.63. The van der Waals surface area contributed by atoms with Crippen LogP contribution in [0, 0.1) is 0 Å². The molecule has 2 nitrogen and oxygen atoms in total. The lowest BCUT2D eigenvalue weighted by molar-refractivity contribution is 1.47. The molecule has 0 saturated carbocycles. The van der Waals surface area contributed by atoms with Crippen LogP contribution in [-0.2, 0) is 0 Å². The lowest BCUT2D eigenvalue weighted by atomic mass is 10.2. The van der Waals surface area contributed by atoms with Crippen LogP contribution in [0.15, 0.2) is 28.9 Å². The maximum absolute atomic E-state index is 5.64. The molecule has 1 aromatic heterocycles. The van der Waals surface area contributed by atoms with E-state index in [1.165, 1.54) is 0 Å². The third-order valence-corrected chi connectivity index (χ3v) is 2.26. The number of hydrogen-bond acceptors (Lipinski definition) is 1. The smallest absolute Gasteiger partial charge is 0.0599 e. The Labute approximate surface area is 86.3 Å². The molecule has 0 atom stereocenters. The highest BCUT2D eigenvalue weighted by atomic mass is 79.9. The molecule has 2 aromatic rings. The first kappa shape index (κ1) is 10.1. The molecule has 0 fully saturated rings. The van der Waals surface area contributed by atoms with Gasteiger partial charge in [-0.15, -0.1) is 0 Å². The van der Waals surface area contributed by atoms with Crippen molar-refractivity contribution >= 4 is 32.5 Å². The molecule has 2 rings (SSSR count). The van der Waals surface area contributed by atoms with Gasteiger partial charge in [-0.2, -0.15) is 0 Å². The minimum absolute atomic E-state index is 0.781. The molecule has 13 heavy (non-hydrogen) atoms. The van der Waals surface area contributed by atoms with E-state index in [0.717, 1.165) is 21.1 Å². The number of rotatable bonds is 0. The van der Waals surface area contributed by atoms with Gasteiger partial charge in [0.05, 0.1) is 5.52 Å². The van der Waals surface area contributed by atoms with E-state index in [1.54, 1.807) is 0 Å². The van der Waals surface area contributed by atoms with E-state index >= 15 is 0 Å². The number of nitrogens with one attached hydrogen (secondary N) is 1. The number of nitrogen functional groups attached to an aromatic ring is 1. The van der Waals surface area contributed by atoms with Gasteiger partial charge in [0.1, 0.15) is 0 Å². The minimum atomic E-state index is 0.781. The molecule has 0 aliphatic heterocycles. The quantitative estimate of drug-likeness (QED) is 0.680. The molecule has 0 bridgehead atoms. The fourth-order valence-electron chi connectivity index (χ4n) is 1.15. The maximum atomic E-state index is 5.64. The fourth-order valence-corrected chi connectivity index (χ4v) is 1.76. The zero-order chi connectivity index (χ0) is 9.84. The van der Waals surface area contributed by atoms with Gasteiger partial charge < -0.3 is 10.7 Å². The van der Waals surface area contributed by atoms with Gasteiger partial charge in [0.2, 0.25) is 0 Å². The average molecular weight is 241 g/mol. The Morgan fingerprint density at radius 3 is 2.69 bits per heavy atom. The van der Waals surface area contributed by atoms with Crippen LogP contribution in [0.2, 0.25) is 0 Å². The SMILES string of the molecule is CC.Nc1cc(Br)c2[nH]ccc2c1. The second-order valence-electron chi connectivity index (χ2n) is 2.44. The van der Waals surface area contributed by atoms with Crippen molar-refractivity contribution < 1.29 is 0 Å². The number of H-pyrrole nitrogens is 1. The van der Waals surface area contributed by atoms with E-state index in [1.807, 2.05) is 38.2 Å². The summed E-state index contributed by atoms with van der Waals surface area (Å²) in [5, 5.41) is 1.14. The highest BCUT2D eigenvalue weighted by Crippen LogP contribution is 2.25. The number of fused-ring (bicyclic) bond motifs is 1. The van der Waals surface area contributed by atoms with Crippen LogP contribution >= 0.6 is 15.9 Å². The summed E-state index contributed by atoms with van der Waals surface area (Å²) < 4.78 is 1.01. The van der Waals surface area contributed by atoms with Crippen molar-refractivity contribution in [2.24, 2.45) is 0 Å². The summed E-state index contributed by atoms with van der Waals surface area (Å²) in [6.07, 6.45) is 1.90. The Morgan fingerprint density at radius 2 is 2.00 bits per heavy atom. The molecule has 1 aromatic carbocycles. The fraction of sp³-hybridized carbons (Fsp3) is 0.200. The first-order valence-electron chi connectivity index (χ1n) is 4.29. The second-order valence-corrected chi connectivity index (χ2v) is 3.30. The van der Waals surface area contributed by atoms with Crippen LogP contribution in [0.25, 0.3) is 10.9 Å². The molecular weight excluding hydrogens is 228 g/mol. The first-order valence-corrected chi connectivity index (χ1v) is 5.09. The molecule has 0 aliphatic carbocycles. The normalized spacial score (nSPS) is 9.46. The zero-order valence-electron chi connectivity index (χ0n) is 7.76. The Kier molecular flexibility index (Phi) is 3.37. The van der Waals surface area contributed by atoms with Gasteiger partial charge in [-0.05, 0) is 34.1 Å². The third kappa shape index (κ3) is 2.04. The van der Waals surface area contributed by atoms with Gasteiger partial charge in [0, 0.05) is 21.7 Å². The molecule has 0 aliphatic rings. The van der Waals surface area contributed by atoms with Crippen LogP contribution in [0.5, 0.6) is 0 Å². The van der Waals surface area contributed by atoms with Crippen molar-refractivity contribution in [2.75, 3.05) is 5.73 Å². The van der Waals surface area contributed by atoms with Crippen LogP contribution in [0.3, 0.4) is 0 Å². The molecule has 1 heterocycles. The van der Waals surface area contributed by atoms with Gasteiger partial charge in [0.15, 0.2) is 0 Å². The highest BCUT2D eigenvalue weighted by Gasteiger charge is 1.99. The molecule has 0 spiro atoms. The summed E-state index contributed by atoms with van der Waals surface area (Å²) in [6, 6.07) is 5.83.